The molecule has 0 aromatic carbocycles. The molecule has 0 aliphatic heterocycles. The Hall–Kier alpha value is -1.10. The molecule has 0 rings (SSSR count). The molecule has 86 valence electrons. The van der Waals surface area contributed by atoms with E-state index in [0.717, 1.165) is 6.26 Å². The van der Waals surface area contributed by atoms with Crippen LogP contribution in [0.4, 0.5) is 4.39 Å². The van der Waals surface area contributed by atoms with Gasteiger partial charge in [0.2, 0.25) is 10.0 Å². The van der Waals surface area contributed by atoms with Crippen molar-refractivity contribution >= 4 is 10.0 Å². The van der Waals surface area contributed by atoms with Gasteiger partial charge >= 0.3 is 0 Å². The summed E-state index contributed by atoms with van der Waals surface area (Å²) in [5, 5.41) is 0. The van der Waals surface area contributed by atoms with Gasteiger partial charge in [0.1, 0.15) is 5.83 Å². The fourth-order valence-electron chi connectivity index (χ4n) is 0.834. The highest BCUT2D eigenvalue weighted by molar-refractivity contribution is 7.88. The molecule has 0 aliphatic rings. The molecule has 0 aliphatic carbocycles. The number of hydrogen-bond donors (Lipinski definition) is 1. The maximum Gasteiger partial charge on any atom is 0.229 e. The maximum absolute atomic E-state index is 13.3. The normalized spacial score (nSPS) is 14.7. The van der Waals surface area contributed by atoms with E-state index in [-0.39, 0.29) is 5.70 Å². The van der Waals surface area contributed by atoms with Gasteiger partial charge in [0.05, 0.1) is 12.0 Å². The Morgan fingerprint density at radius 1 is 1.40 bits per heavy atom. The lowest BCUT2D eigenvalue weighted by atomic mass is 10.3. The van der Waals surface area contributed by atoms with Crippen LogP contribution in [-0.4, -0.2) is 14.7 Å². The number of hydrogen-bond acceptors (Lipinski definition) is 2. The van der Waals surface area contributed by atoms with E-state index >= 15 is 0 Å². The fourth-order valence-corrected chi connectivity index (χ4v) is 1.40. The molecule has 1 N–H and O–H groups in total. The predicted octanol–water partition coefficient (Wildman–Crippen LogP) is 2.26. The summed E-state index contributed by atoms with van der Waals surface area (Å²) in [5.74, 6) is -0.604. The van der Waals surface area contributed by atoms with Gasteiger partial charge in [-0.1, -0.05) is 19.1 Å². The second-order valence-electron chi connectivity index (χ2n) is 2.95. The van der Waals surface area contributed by atoms with Crippen molar-refractivity contribution in [3.63, 3.8) is 0 Å². The zero-order valence-electron chi connectivity index (χ0n) is 9.12. The monoisotopic (exact) mass is 233 g/mol. The van der Waals surface area contributed by atoms with E-state index in [1.807, 2.05) is 6.92 Å². The van der Waals surface area contributed by atoms with Gasteiger partial charge in [-0.15, -0.1) is 0 Å². The summed E-state index contributed by atoms with van der Waals surface area (Å²) < 4.78 is 37.3. The van der Waals surface area contributed by atoms with Crippen molar-refractivity contribution in [2.45, 2.75) is 20.3 Å². The Kier molecular flexibility index (Phi) is 5.93. The largest absolute Gasteiger partial charge is 0.281 e. The smallest absolute Gasteiger partial charge is 0.229 e. The molecule has 0 spiro atoms. The van der Waals surface area contributed by atoms with E-state index in [4.69, 9.17) is 0 Å². The molecule has 15 heavy (non-hydrogen) atoms. The zero-order chi connectivity index (χ0) is 11.9. The van der Waals surface area contributed by atoms with Crippen LogP contribution in [0.15, 0.2) is 35.8 Å². The highest BCUT2D eigenvalue weighted by atomic mass is 32.2. The first kappa shape index (κ1) is 13.9. The van der Waals surface area contributed by atoms with Crippen molar-refractivity contribution in [1.29, 1.82) is 0 Å². The lowest BCUT2D eigenvalue weighted by molar-refractivity contribution is 0.591. The first-order valence-corrected chi connectivity index (χ1v) is 6.46. The summed E-state index contributed by atoms with van der Waals surface area (Å²) in [6.45, 7) is 3.53. The summed E-state index contributed by atoms with van der Waals surface area (Å²) >= 11 is 0. The van der Waals surface area contributed by atoms with Crippen molar-refractivity contribution < 1.29 is 12.8 Å². The molecule has 0 radical (unpaired) electrons. The predicted molar refractivity (Wildman–Crippen MR) is 60.4 cm³/mol. The molecule has 0 atom stereocenters. The molecule has 0 aromatic rings. The zero-order valence-corrected chi connectivity index (χ0v) is 9.94. The number of halogens is 1. The highest BCUT2D eigenvalue weighted by Crippen LogP contribution is 2.08. The minimum Gasteiger partial charge on any atom is -0.281 e. The third kappa shape index (κ3) is 6.90. The van der Waals surface area contributed by atoms with Crippen molar-refractivity contribution in [1.82, 2.24) is 4.72 Å². The molecular formula is C10H16FNO2S. The van der Waals surface area contributed by atoms with Gasteiger partial charge in [-0.2, -0.15) is 0 Å². The van der Waals surface area contributed by atoms with E-state index in [2.05, 4.69) is 4.72 Å². The summed E-state index contributed by atoms with van der Waals surface area (Å²) in [4.78, 5) is 0. The Morgan fingerprint density at radius 3 is 2.40 bits per heavy atom. The lowest BCUT2D eigenvalue weighted by Crippen LogP contribution is -2.21. The number of nitrogens with one attached hydrogen (secondary N) is 1. The molecule has 0 saturated carbocycles. The van der Waals surface area contributed by atoms with Crippen LogP contribution in [-0.2, 0) is 10.0 Å². The average Bonchev–Trinajstić information content (AvgIpc) is 2.10. The van der Waals surface area contributed by atoms with Crippen LogP contribution in [0.5, 0.6) is 0 Å². The van der Waals surface area contributed by atoms with Crippen molar-refractivity contribution in [3.05, 3.63) is 35.8 Å². The van der Waals surface area contributed by atoms with E-state index in [0.29, 0.717) is 6.42 Å². The van der Waals surface area contributed by atoms with Gasteiger partial charge in [0.15, 0.2) is 0 Å². The Balaban J connectivity index is 5.06. The summed E-state index contributed by atoms with van der Waals surface area (Å²) in [5.41, 5.74) is -0.0440. The van der Waals surface area contributed by atoms with Crippen LogP contribution < -0.4 is 4.72 Å². The highest BCUT2D eigenvalue weighted by Gasteiger charge is 2.06. The Labute approximate surface area is 90.4 Å². The Bertz CT molecular complexity index is 380. The van der Waals surface area contributed by atoms with Crippen LogP contribution >= 0.6 is 0 Å². The molecule has 0 heterocycles. The summed E-state index contributed by atoms with van der Waals surface area (Å²) in [6, 6.07) is 0. The third-order valence-corrected chi connectivity index (χ3v) is 1.98. The van der Waals surface area contributed by atoms with Gasteiger partial charge in [-0.25, -0.2) is 12.8 Å². The van der Waals surface area contributed by atoms with Gasteiger partial charge < -0.3 is 0 Å². The minimum absolute atomic E-state index is 0.0440. The molecule has 5 heteroatoms. The topological polar surface area (TPSA) is 46.2 Å². The van der Waals surface area contributed by atoms with Gasteiger partial charge in [0.25, 0.3) is 0 Å². The van der Waals surface area contributed by atoms with E-state index in [1.54, 1.807) is 13.0 Å². The summed E-state index contributed by atoms with van der Waals surface area (Å²) in [6.07, 6.45) is 7.48. The second-order valence-corrected chi connectivity index (χ2v) is 4.69. The standard InChI is InChI=1S/C10H16FNO2S/c1-4-6-8-10(9(11)7-5-2)12-15(3,13)14/h5-8,12H,4H2,1-3H3/b7-5-,8-6+,10-9-. The Morgan fingerprint density at radius 2 is 2.00 bits per heavy atom. The van der Waals surface area contributed by atoms with Crippen LogP contribution in [0.3, 0.4) is 0 Å². The first-order chi connectivity index (χ1) is 6.90. The van der Waals surface area contributed by atoms with Gasteiger partial charge in [0, 0.05) is 0 Å². The molecule has 0 aromatic heterocycles. The molecule has 0 unspecified atom stereocenters. The first-order valence-electron chi connectivity index (χ1n) is 4.57. The minimum atomic E-state index is -3.45. The average molecular weight is 233 g/mol. The molecule has 0 amide bonds. The van der Waals surface area contributed by atoms with Gasteiger partial charge in [-0.05, 0) is 25.5 Å². The van der Waals surface area contributed by atoms with Crippen molar-refractivity contribution in [3.8, 4) is 0 Å². The molecule has 3 nitrogen and oxygen atoms in total. The SMILES string of the molecule is C\C=C/C(F)=C(\C=C\CC)NS(C)(=O)=O. The maximum atomic E-state index is 13.3. The number of sulfonamides is 1. The second kappa shape index (κ2) is 6.40. The molecule has 0 fully saturated rings. The number of rotatable bonds is 5. The van der Waals surface area contributed by atoms with Crippen molar-refractivity contribution in [2.75, 3.05) is 6.26 Å². The lowest BCUT2D eigenvalue weighted by Gasteiger charge is -2.04. The van der Waals surface area contributed by atoms with E-state index in [9.17, 15) is 12.8 Å². The van der Waals surface area contributed by atoms with E-state index < -0.39 is 15.9 Å². The third-order valence-electron chi connectivity index (χ3n) is 1.39. The quantitative estimate of drug-likeness (QED) is 0.740. The van der Waals surface area contributed by atoms with Crippen LogP contribution in [0.25, 0.3) is 0 Å². The fraction of sp³-hybridized carbons (Fsp3) is 0.400. The van der Waals surface area contributed by atoms with Crippen LogP contribution in [0, 0.1) is 0 Å². The molecule has 0 saturated heterocycles. The van der Waals surface area contributed by atoms with Crippen LogP contribution in [0.1, 0.15) is 20.3 Å². The number of allylic oxidation sites excluding steroid dienone is 5. The molecular weight excluding hydrogens is 217 g/mol. The summed E-state index contributed by atoms with van der Waals surface area (Å²) in [7, 11) is -3.45. The van der Waals surface area contributed by atoms with E-state index in [1.165, 1.54) is 18.2 Å². The van der Waals surface area contributed by atoms with Crippen molar-refractivity contribution in [2.24, 2.45) is 0 Å². The van der Waals surface area contributed by atoms with Crippen LogP contribution in [0.2, 0.25) is 0 Å². The van der Waals surface area contributed by atoms with Gasteiger partial charge in [-0.3, -0.25) is 4.72 Å². The molecule has 0 bridgehead atoms.